The fraction of sp³-hybridized carbons (Fsp3) is 0.250. The predicted octanol–water partition coefficient (Wildman–Crippen LogP) is 2.79. The average molecular weight is 488 g/mol. The number of hydrogen-bond donors (Lipinski definition) is 2. The van der Waals surface area contributed by atoms with Crippen LogP contribution in [0.15, 0.2) is 52.7 Å². The molecule has 0 fully saturated rings. The Hall–Kier alpha value is -4.12. The lowest BCUT2D eigenvalue weighted by Gasteiger charge is -2.12. The standard InChI is InChI=1S/C24H21N7O3S/c32-19(9-10-30-13-27-23-20(24(30)34)14-5-1-4-8-18(14)35-23)29-16-6-2-3-7-17(16)31-21-15(11-28-31)22(33)26-12-25-21/h2-3,6-7,11-13H,1,4-5,8-10H2,(H,29,32)(H,25,26,33). The quantitative estimate of drug-likeness (QED) is 0.392. The molecule has 1 aliphatic carbocycles. The van der Waals surface area contributed by atoms with Crippen molar-refractivity contribution in [1.29, 1.82) is 0 Å². The van der Waals surface area contributed by atoms with Crippen LogP contribution in [0.25, 0.3) is 26.9 Å². The molecule has 4 heterocycles. The summed E-state index contributed by atoms with van der Waals surface area (Å²) in [6.45, 7) is 0.224. The van der Waals surface area contributed by atoms with Gasteiger partial charge in [0, 0.05) is 17.8 Å². The largest absolute Gasteiger partial charge is 0.324 e. The molecule has 4 aromatic heterocycles. The second-order valence-corrected chi connectivity index (χ2v) is 9.56. The van der Waals surface area contributed by atoms with Crippen LogP contribution in [0, 0.1) is 0 Å². The van der Waals surface area contributed by atoms with Crippen LogP contribution in [0.3, 0.4) is 0 Å². The average Bonchev–Trinajstić information content (AvgIpc) is 3.47. The Kier molecular flexibility index (Phi) is 5.25. The number of aromatic nitrogens is 6. The highest BCUT2D eigenvalue weighted by molar-refractivity contribution is 7.18. The Morgan fingerprint density at radius 2 is 2.00 bits per heavy atom. The number of anilines is 1. The van der Waals surface area contributed by atoms with Crippen molar-refractivity contribution in [3.63, 3.8) is 0 Å². The minimum absolute atomic E-state index is 0.0816. The number of H-pyrrole nitrogens is 1. The zero-order chi connectivity index (χ0) is 23.9. The van der Waals surface area contributed by atoms with Gasteiger partial charge in [0.25, 0.3) is 11.1 Å². The van der Waals surface area contributed by atoms with Crippen LogP contribution in [0.4, 0.5) is 5.69 Å². The maximum atomic E-state index is 13.1. The van der Waals surface area contributed by atoms with Crippen molar-refractivity contribution >= 4 is 44.2 Å². The van der Waals surface area contributed by atoms with Gasteiger partial charge in [0.1, 0.15) is 10.2 Å². The topological polar surface area (TPSA) is 128 Å². The summed E-state index contributed by atoms with van der Waals surface area (Å²) in [5, 5.41) is 8.26. The first-order valence-electron chi connectivity index (χ1n) is 11.4. The molecule has 1 amide bonds. The van der Waals surface area contributed by atoms with Crippen molar-refractivity contribution < 1.29 is 4.79 Å². The molecule has 0 atom stereocenters. The van der Waals surface area contributed by atoms with E-state index < -0.39 is 0 Å². The Morgan fingerprint density at radius 3 is 2.91 bits per heavy atom. The van der Waals surface area contributed by atoms with Crippen LogP contribution in [-0.4, -0.2) is 35.2 Å². The lowest BCUT2D eigenvalue weighted by molar-refractivity contribution is -0.116. The van der Waals surface area contributed by atoms with Crippen molar-refractivity contribution in [2.24, 2.45) is 0 Å². The minimum atomic E-state index is -0.286. The lowest BCUT2D eigenvalue weighted by atomic mass is 9.97. The Balaban J connectivity index is 1.24. The third-order valence-corrected chi connectivity index (χ3v) is 7.50. The van der Waals surface area contributed by atoms with Crippen LogP contribution in [0.2, 0.25) is 0 Å². The molecule has 0 unspecified atom stereocenters. The second kappa shape index (κ2) is 8.58. The predicted molar refractivity (Wildman–Crippen MR) is 133 cm³/mol. The number of hydrogen-bond acceptors (Lipinski definition) is 7. The third-order valence-electron chi connectivity index (χ3n) is 6.30. The van der Waals surface area contributed by atoms with Gasteiger partial charge in [0.15, 0.2) is 5.65 Å². The molecule has 0 radical (unpaired) electrons. The van der Waals surface area contributed by atoms with Gasteiger partial charge in [-0.3, -0.25) is 19.0 Å². The number of carbonyl (C=O) groups is 1. The van der Waals surface area contributed by atoms with E-state index in [4.69, 9.17) is 0 Å². The number of nitrogens with zero attached hydrogens (tertiary/aromatic N) is 5. The molecular weight excluding hydrogens is 466 g/mol. The molecule has 1 aromatic carbocycles. The summed E-state index contributed by atoms with van der Waals surface area (Å²) in [7, 11) is 0. The van der Waals surface area contributed by atoms with Crippen LogP contribution in [0.5, 0.6) is 0 Å². The number of nitrogens with one attached hydrogen (secondary N) is 2. The fourth-order valence-corrected chi connectivity index (χ4v) is 5.79. The normalized spacial score (nSPS) is 13.3. The molecule has 0 spiro atoms. The van der Waals surface area contributed by atoms with Crippen molar-refractivity contribution in [2.75, 3.05) is 5.32 Å². The van der Waals surface area contributed by atoms with E-state index in [2.05, 4.69) is 25.4 Å². The molecule has 0 aliphatic heterocycles. The van der Waals surface area contributed by atoms with Gasteiger partial charge >= 0.3 is 0 Å². The molecule has 5 aromatic rings. The van der Waals surface area contributed by atoms with Crippen LogP contribution >= 0.6 is 11.3 Å². The van der Waals surface area contributed by atoms with Crippen LogP contribution < -0.4 is 16.4 Å². The third kappa shape index (κ3) is 3.73. The van der Waals surface area contributed by atoms with Gasteiger partial charge in [-0.1, -0.05) is 12.1 Å². The Bertz CT molecular complexity index is 1710. The molecule has 0 saturated carbocycles. The summed E-state index contributed by atoms with van der Waals surface area (Å²) in [5.41, 5.74) is 2.27. The van der Waals surface area contributed by atoms with Crippen LogP contribution in [-0.2, 0) is 24.2 Å². The number of amides is 1. The first kappa shape index (κ1) is 21.4. The number of rotatable bonds is 5. The van der Waals surface area contributed by atoms with Gasteiger partial charge in [-0.05, 0) is 43.4 Å². The monoisotopic (exact) mass is 487 g/mol. The summed E-state index contributed by atoms with van der Waals surface area (Å²) >= 11 is 1.61. The van der Waals surface area contributed by atoms with Gasteiger partial charge in [-0.25, -0.2) is 14.6 Å². The molecule has 0 saturated heterocycles. The van der Waals surface area contributed by atoms with Gasteiger partial charge in [-0.15, -0.1) is 11.3 Å². The van der Waals surface area contributed by atoms with E-state index in [0.717, 1.165) is 36.1 Å². The van der Waals surface area contributed by atoms with E-state index in [1.54, 1.807) is 29.5 Å². The number of thiophene rings is 1. The molecule has 6 rings (SSSR count). The number of para-hydroxylation sites is 2. The van der Waals surface area contributed by atoms with E-state index >= 15 is 0 Å². The van der Waals surface area contributed by atoms with Gasteiger partial charge < -0.3 is 10.3 Å². The molecule has 11 heteroatoms. The number of benzene rings is 1. The first-order valence-corrected chi connectivity index (χ1v) is 12.2. The number of carbonyl (C=O) groups excluding carboxylic acids is 1. The summed E-state index contributed by atoms with van der Waals surface area (Å²) in [6, 6.07) is 7.15. The maximum absolute atomic E-state index is 13.1. The smallest absolute Gasteiger partial charge is 0.262 e. The Labute approximate surface area is 202 Å². The molecular formula is C24H21N7O3S. The van der Waals surface area contributed by atoms with Crippen LogP contribution in [0.1, 0.15) is 29.7 Å². The highest BCUT2D eigenvalue weighted by atomic mass is 32.1. The summed E-state index contributed by atoms with van der Waals surface area (Å²) in [5.74, 6) is -0.251. The summed E-state index contributed by atoms with van der Waals surface area (Å²) in [6.07, 6.45) is 8.55. The summed E-state index contributed by atoms with van der Waals surface area (Å²) < 4.78 is 3.04. The fourth-order valence-electron chi connectivity index (χ4n) is 4.57. The SMILES string of the molecule is O=C(CCn1cnc2sc3c(c2c1=O)CCCC3)Nc1ccccc1-n1ncc2c(=O)[nH]cnc21. The molecule has 176 valence electrons. The van der Waals surface area contributed by atoms with E-state index in [1.807, 2.05) is 6.07 Å². The molecule has 1 aliphatic rings. The van der Waals surface area contributed by atoms with Crippen molar-refractivity contribution in [1.82, 2.24) is 29.3 Å². The number of fused-ring (bicyclic) bond motifs is 4. The molecule has 10 nitrogen and oxygen atoms in total. The maximum Gasteiger partial charge on any atom is 0.262 e. The van der Waals surface area contributed by atoms with E-state index in [1.165, 1.54) is 33.0 Å². The number of aryl methyl sites for hydroxylation is 3. The van der Waals surface area contributed by atoms with Crippen molar-refractivity contribution in [3.05, 3.63) is 74.3 Å². The zero-order valence-electron chi connectivity index (χ0n) is 18.7. The van der Waals surface area contributed by atoms with E-state index in [-0.39, 0.29) is 30.0 Å². The van der Waals surface area contributed by atoms with Crippen molar-refractivity contribution in [3.8, 4) is 5.69 Å². The molecule has 2 N–H and O–H groups in total. The molecule has 0 bridgehead atoms. The second-order valence-electron chi connectivity index (χ2n) is 8.47. The highest BCUT2D eigenvalue weighted by Crippen LogP contribution is 2.33. The van der Waals surface area contributed by atoms with E-state index in [0.29, 0.717) is 27.8 Å². The molecule has 35 heavy (non-hydrogen) atoms. The van der Waals surface area contributed by atoms with Gasteiger partial charge in [0.05, 0.1) is 35.6 Å². The summed E-state index contributed by atoms with van der Waals surface area (Å²) in [4.78, 5) is 51.3. The number of aromatic amines is 1. The Morgan fingerprint density at radius 1 is 1.14 bits per heavy atom. The first-order chi connectivity index (χ1) is 17.1. The van der Waals surface area contributed by atoms with Crippen molar-refractivity contribution in [2.45, 2.75) is 38.6 Å². The minimum Gasteiger partial charge on any atom is -0.324 e. The van der Waals surface area contributed by atoms with E-state index in [9.17, 15) is 14.4 Å². The van der Waals surface area contributed by atoms with Gasteiger partial charge in [0.2, 0.25) is 5.91 Å². The van der Waals surface area contributed by atoms with Gasteiger partial charge in [-0.2, -0.15) is 5.10 Å². The highest BCUT2D eigenvalue weighted by Gasteiger charge is 2.20. The zero-order valence-corrected chi connectivity index (χ0v) is 19.5. The lowest BCUT2D eigenvalue weighted by Crippen LogP contribution is -2.24.